The first kappa shape index (κ1) is 21.2. The molecule has 1 saturated heterocycles. The molecule has 2 fully saturated rings. The smallest absolute Gasteiger partial charge is 0.244 e. The fourth-order valence-electron chi connectivity index (χ4n) is 4.30. The van der Waals surface area contributed by atoms with Gasteiger partial charge in [-0.2, -0.15) is 10.0 Å². The van der Waals surface area contributed by atoms with Crippen molar-refractivity contribution in [3.63, 3.8) is 0 Å². The zero-order valence-electron chi connectivity index (χ0n) is 16.6. The quantitative estimate of drug-likeness (QED) is 0.431. The van der Waals surface area contributed by atoms with Crippen LogP contribution in [0, 0.1) is 5.92 Å². The minimum atomic E-state index is -0.429. The Kier molecular flexibility index (Phi) is 8.20. The van der Waals surface area contributed by atoms with Gasteiger partial charge in [0.2, 0.25) is 11.8 Å². The predicted molar refractivity (Wildman–Crippen MR) is 101 cm³/mol. The van der Waals surface area contributed by atoms with Crippen LogP contribution in [0.1, 0.15) is 75.4 Å². The van der Waals surface area contributed by atoms with E-state index in [4.69, 9.17) is 9.73 Å². The molecule has 3 rings (SSSR count). The van der Waals surface area contributed by atoms with Crippen LogP contribution < -0.4 is 5.48 Å². The highest BCUT2D eigenvalue weighted by molar-refractivity contribution is 5.75. The second kappa shape index (κ2) is 10.8. The van der Waals surface area contributed by atoms with Gasteiger partial charge in [-0.1, -0.05) is 50.1 Å². The molecule has 1 aromatic heterocycles. The number of aromatic nitrogens is 2. The molecule has 1 aliphatic heterocycles. The van der Waals surface area contributed by atoms with Crippen LogP contribution in [0.5, 0.6) is 0 Å². The molecule has 1 atom stereocenters. The lowest BCUT2D eigenvalue weighted by molar-refractivity contribution is -0.129. The van der Waals surface area contributed by atoms with Crippen molar-refractivity contribution < 1.29 is 19.7 Å². The van der Waals surface area contributed by atoms with Crippen LogP contribution in [0.2, 0.25) is 0 Å². The summed E-state index contributed by atoms with van der Waals surface area (Å²) in [5.41, 5.74) is 1.72. The number of hydroxylamine groups is 3. The Hall–Kier alpha value is -1.55. The largest absolute Gasteiger partial charge is 0.339 e. The van der Waals surface area contributed by atoms with Crippen molar-refractivity contribution in [2.75, 3.05) is 26.2 Å². The van der Waals surface area contributed by atoms with Crippen LogP contribution in [-0.2, 0) is 11.3 Å². The van der Waals surface area contributed by atoms with Crippen molar-refractivity contribution in [1.29, 1.82) is 0 Å². The van der Waals surface area contributed by atoms with E-state index in [1.807, 2.05) is 0 Å². The predicted octanol–water partition coefficient (Wildman–Crippen LogP) is 2.31. The Labute approximate surface area is 166 Å². The molecule has 1 aliphatic carbocycles. The Morgan fingerprint density at radius 2 is 1.96 bits per heavy atom. The summed E-state index contributed by atoms with van der Waals surface area (Å²) in [4.78, 5) is 18.4. The number of amides is 1. The lowest BCUT2D eigenvalue weighted by atomic mass is 9.84. The average molecular weight is 396 g/mol. The number of piperazine rings is 1. The minimum Gasteiger partial charge on any atom is -0.339 e. The number of carbonyl (C=O) groups excluding carboxylic acids is 1. The number of nitrogens with zero attached hydrogens (tertiary/aromatic N) is 4. The van der Waals surface area contributed by atoms with E-state index in [1.165, 1.54) is 43.6 Å². The van der Waals surface area contributed by atoms with Crippen LogP contribution in [0.25, 0.3) is 0 Å². The van der Waals surface area contributed by atoms with E-state index in [0.29, 0.717) is 31.3 Å². The molecule has 1 saturated carbocycles. The third-order valence-corrected chi connectivity index (χ3v) is 5.99. The van der Waals surface area contributed by atoms with E-state index in [0.717, 1.165) is 31.8 Å². The number of rotatable bonds is 9. The van der Waals surface area contributed by atoms with Crippen molar-refractivity contribution in [3.8, 4) is 0 Å². The SMILES string of the molecule is O=C(C[C@@H](CCCC1CCCCC1)c1nc(CN2CCN(O)CC2)no1)NO. The van der Waals surface area contributed by atoms with Crippen molar-refractivity contribution in [2.24, 2.45) is 5.92 Å². The first-order valence-corrected chi connectivity index (χ1v) is 10.6. The standard InChI is InChI=1S/C19H33N5O4/c25-18(21-26)13-16(8-4-7-15-5-2-1-3-6-15)19-20-17(22-28-19)14-23-9-11-24(27)12-10-23/h15-16,26-27H,1-14H2,(H,21,25)/t16-/m1/s1. The summed E-state index contributed by atoms with van der Waals surface area (Å²) in [5, 5.41) is 23.8. The average Bonchev–Trinajstić information content (AvgIpc) is 3.18. The molecule has 9 nitrogen and oxygen atoms in total. The topological polar surface area (TPSA) is 115 Å². The van der Waals surface area contributed by atoms with Crippen molar-refractivity contribution in [3.05, 3.63) is 11.7 Å². The highest BCUT2D eigenvalue weighted by Gasteiger charge is 2.24. The van der Waals surface area contributed by atoms with Crippen LogP contribution in [0.15, 0.2) is 4.52 Å². The summed E-state index contributed by atoms with van der Waals surface area (Å²) >= 11 is 0. The third kappa shape index (κ3) is 6.51. The molecule has 0 bridgehead atoms. The van der Waals surface area contributed by atoms with Crippen molar-refractivity contribution in [2.45, 2.75) is 70.3 Å². The maximum absolute atomic E-state index is 11.7. The Balaban J connectivity index is 1.53. The summed E-state index contributed by atoms with van der Waals surface area (Å²) in [6.45, 7) is 3.27. The second-order valence-electron chi connectivity index (χ2n) is 8.15. The fourth-order valence-corrected chi connectivity index (χ4v) is 4.30. The van der Waals surface area contributed by atoms with Gasteiger partial charge < -0.3 is 9.73 Å². The summed E-state index contributed by atoms with van der Waals surface area (Å²) in [7, 11) is 0. The van der Waals surface area contributed by atoms with Gasteiger partial charge in [0.25, 0.3) is 0 Å². The molecule has 1 amide bonds. The third-order valence-electron chi connectivity index (χ3n) is 5.99. The molecule has 1 aromatic rings. The summed E-state index contributed by atoms with van der Waals surface area (Å²) in [6.07, 6.45) is 9.78. The molecule has 0 radical (unpaired) electrons. The van der Waals surface area contributed by atoms with Gasteiger partial charge in [-0.3, -0.25) is 14.9 Å². The van der Waals surface area contributed by atoms with Crippen molar-refractivity contribution >= 4 is 5.91 Å². The number of nitrogens with one attached hydrogen (secondary N) is 1. The van der Waals surface area contributed by atoms with Crippen LogP contribution >= 0.6 is 0 Å². The lowest BCUT2D eigenvalue weighted by Crippen LogP contribution is -2.44. The number of hydrogen-bond acceptors (Lipinski definition) is 8. The highest BCUT2D eigenvalue weighted by atomic mass is 16.5. The van der Waals surface area contributed by atoms with Gasteiger partial charge in [0.15, 0.2) is 5.82 Å². The van der Waals surface area contributed by atoms with Crippen LogP contribution in [-0.4, -0.2) is 62.6 Å². The van der Waals surface area contributed by atoms with E-state index < -0.39 is 5.91 Å². The number of carbonyl (C=O) groups is 1. The van der Waals surface area contributed by atoms with E-state index in [1.54, 1.807) is 5.48 Å². The minimum absolute atomic E-state index is 0.145. The molecular formula is C19H33N5O4. The number of hydrogen-bond donors (Lipinski definition) is 3. The van der Waals surface area contributed by atoms with Gasteiger partial charge >= 0.3 is 0 Å². The molecule has 3 N–H and O–H groups in total. The Bertz CT molecular complexity index is 597. The van der Waals surface area contributed by atoms with Gasteiger partial charge in [-0.25, -0.2) is 5.48 Å². The summed E-state index contributed by atoms with van der Waals surface area (Å²) in [6, 6.07) is 0. The molecule has 0 aromatic carbocycles. The van der Waals surface area contributed by atoms with Gasteiger partial charge in [-0.05, 0) is 12.3 Å². The molecule has 158 valence electrons. The molecule has 9 heteroatoms. The molecule has 0 unspecified atom stereocenters. The molecule has 2 heterocycles. The highest BCUT2D eigenvalue weighted by Crippen LogP contribution is 2.31. The second-order valence-corrected chi connectivity index (χ2v) is 8.15. The first-order chi connectivity index (χ1) is 13.6. The maximum atomic E-state index is 11.7. The van der Waals surface area contributed by atoms with Crippen LogP contribution in [0.3, 0.4) is 0 Å². The molecule has 2 aliphatic rings. The molecule has 28 heavy (non-hydrogen) atoms. The fraction of sp³-hybridized carbons (Fsp3) is 0.842. The summed E-state index contributed by atoms with van der Waals surface area (Å²) in [5.74, 6) is 1.27. The van der Waals surface area contributed by atoms with E-state index in [-0.39, 0.29) is 12.3 Å². The van der Waals surface area contributed by atoms with E-state index in [2.05, 4.69) is 15.0 Å². The zero-order valence-corrected chi connectivity index (χ0v) is 16.6. The van der Waals surface area contributed by atoms with Crippen LogP contribution in [0.4, 0.5) is 0 Å². The van der Waals surface area contributed by atoms with Crippen molar-refractivity contribution in [1.82, 2.24) is 25.6 Å². The van der Waals surface area contributed by atoms with Gasteiger partial charge in [-0.15, -0.1) is 0 Å². The van der Waals surface area contributed by atoms with E-state index in [9.17, 15) is 10.0 Å². The first-order valence-electron chi connectivity index (χ1n) is 10.6. The van der Waals surface area contributed by atoms with Gasteiger partial charge in [0.05, 0.1) is 6.54 Å². The van der Waals surface area contributed by atoms with Gasteiger partial charge in [0, 0.05) is 38.5 Å². The molecular weight excluding hydrogens is 362 g/mol. The normalized spacial score (nSPS) is 20.9. The Morgan fingerprint density at radius 3 is 2.68 bits per heavy atom. The Morgan fingerprint density at radius 1 is 1.21 bits per heavy atom. The maximum Gasteiger partial charge on any atom is 0.244 e. The monoisotopic (exact) mass is 395 g/mol. The lowest BCUT2D eigenvalue weighted by Gasteiger charge is -2.29. The van der Waals surface area contributed by atoms with E-state index >= 15 is 0 Å². The van der Waals surface area contributed by atoms with Gasteiger partial charge in [0.1, 0.15) is 0 Å². The zero-order chi connectivity index (χ0) is 19.8. The summed E-state index contributed by atoms with van der Waals surface area (Å²) < 4.78 is 5.47. The molecule has 0 spiro atoms.